The molecule has 170 valence electrons. The lowest BCUT2D eigenvalue weighted by molar-refractivity contribution is 0.0473. The molecule has 0 radical (unpaired) electrons. The summed E-state index contributed by atoms with van der Waals surface area (Å²) in [7, 11) is 0. The van der Waals surface area contributed by atoms with E-state index in [2.05, 4.69) is 10.3 Å². The maximum atomic E-state index is 12.9. The number of ketones is 1. The van der Waals surface area contributed by atoms with Crippen molar-refractivity contribution in [1.82, 2.24) is 4.98 Å². The zero-order chi connectivity index (χ0) is 24.1. The van der Waals surface area contributed by atoms with Crippen molar-refractivity contribution < 1.29 is 19.1 Å². The van der Waals surface area contributed by atoms with E-state index in [1.807, 2.05) is 36.6 Å². The van der Waals surface area contributed by atoms with Crippen LogP contribution < -0.4 is 5.32 Å². The van der Waals surface area contributed by atoms with E-state index in [9.17, 15) is 14.4 Å². The highest BCUT2D eigenvalue weighted by Crippen LogP contribution is 2.26. The molecule has 8 heteroatoms. The standard InChI is InChI=1S/C26H19ClN2O4S/c1-16-10-12-17(13-11-16)22-15-34-26(28-22)29-24(31)18-6-2-3-7-19(18)25(32)33-14-23(30)20-8-4-5-9-21(20)27/h2-13,15H,14H2,1H3,(H,28,29,31). The summed E-state index contributed by atoms with van der Waals surface area (Å²) < 4.78 is 5.17. The van der Waals surface area contributed by atoms with Gasteiger partial charge in [-0.3, -0.25) is 14.9 Å². The second-order valence-electron chi connectivity index (χ2n) is 7.38. The number of thiazole rings is 1. The van der Waals surface area contributed by atoms with Gasteiger partial charge in [0, 0.05) is 16.5 Å². The summed E-state index contributed by atoms with van der Waals surface area (Å²) in [5.41, 5.74) is 3.24. The molecule has 0 aliphatic rings. The molecule has 0 aliphatic heterocycles. The van der Waals surface area contributed by atoms with Gasteiger partial charge in [0.2, 0.25) is 5.78 Å². The third-order valence-electron chi connectivity index (χ3n) is 4.97. The predicted octanol–water partition coefficient (Wildman–Crippen LogP) is 6.06. The summed E-state index contributed by atoms with van der Waals surface area (Å²) in [4.78, 5) is 42.4. The normalized spacial score (nSPS) is 10.5. The number of aryl methyl sites for hydroxylation is 1. The largest absolute Gasteiger partial charge is 0.454 e. The Morgan fingerprint density at radius 2 is 1.56 bits per heavy atom. The molecule has 1 heterocycles. The number of anilines is 1. The Hall–Kier alpha value is -3.81. The van der Waals surface area contributed by atoms with Gasteiger partial charge in [-0.1, -0.05) is 65.7 Å². The molecule has 1 N–H and O–H groups in total. The Morgan fingerprint density at radius 3 is 2.26 bits per heavy atom. The Labute approximate surface area is 205 Å². The molecular weight excluding hydrogens is 472 g/mol. The maximum absolute atomic E-state index is 12.9. The molecule has 1 aromatic heterocycles. The number of ether oxygens (including phenoxy) is 1. The average Bonchev–Trinajstić information content (AvgIpc) is 3.31. The molecule has 0 saturated heterocycles. The van der Waals surface area contributed by atoms with E-state index in [-0.39, 0.29) is 21.7 Å². The average molecular weight is 491 g/mol. The van der Waals surface area contributed by atoms with E-state index in [0.717, 1.165) is 16.8 Å². The van der Waals surface area contributed by atoms with Gasteiger partial charge < -0.3 is 4.74 Å². The van der Waals surface area contributed by atoms with E-state index in [4.69, 9.17) is 16.3 Å². The van der Waals surface area contributed by atoms with Crippen LogP contribution in [-0.4, -0.2) is 29.3 Å². The van der Waals surface area contributed by atoms with Gasteiger partial charge in [0.25, 0.3) is 5.91 Å². The molecule has 0 spiro atoms. The van der Waals surface area contributed by atoms with Crippen LogP contribution in [0.15, 0.2) is 78.2 Å². The SMILES string of the molecule is Cc1ccc(-c2csc(NC(=O)c3ccccc3C(=O)OCC(=O)c3ccccc3Cl)n2)cc1. The molecule has 0 aliphatic carbocycles. The first-order valence-corrected chi connectivity index (χ1v) is 11.6. The minimum absolute atomic E-state index is 0.0438. The fourth-order valence-corrected chi connectivity index (χ4v) is 4.14. The number of esters is 1. The number of nitrogens with one attached hydrogen (secondary N) is 1. The van der Waals surface area contributed by atoms with Crippen LogP contribution in [0.1, 0.15) is 36.6 Å². The molecule has 0 unspecified atom stereocenters. The molecular formula is C26H19ClN2O4S. The first-order chi connectivity index (χ1) is 16.4. The van der Waals surface area contributed by atoms with Crippen molar-refractivity contribution in [3.05, 3.63) is 105 Å². The smallest absolute Gasteiger partial charge is 0.339 e. The number of hydrogen-bond donors (Lipinski definition) is 1. The molecule has 0 atom stereocenters. The van der Waals surface area contributed by atoms with Crippen LogP contribution >= 0.6 is 22.9 Å². The van der Waals surface area contributed by atoms with Crippen LogP contribution in [0.4, 0.5) is 5.13 Å². The van der Waals surface area contributed by atoms with Gasteiger partial charge in [-0.15, -0.1) is 11.3 Å². The van der Waals surface area contributed by atoms with E-state index in [1.54, 1.807) is 36.4 Å². The number of carbonyl (C=O) groups is 3. The number of aromatic nitrogens is 1. The topological polar surface area (TPSA) is 85.4 Å². The lowest BCUT2D eigenvalue weighted by atomic mass is 10.1. The number of amides is 1. The zero-order valence-corrected chi connectivity index (χ0v) is 19.7. The zero-order valence-electron chi connectivity index (χ0n) is 18.1. The van der Waals surface area contributed by atoms with Gasteiger partial charge in [0.15, 0.2) is 11.7 Å². The third kappa shape index (κ3) is 5.39. The second-order valence-corrected chi connectivity index (χ2v) is 8.65. The fourth-order valence-electron chi connectivity index (χ4n) is 3.19. The minimum Gasteiger partial charge on any atom is -0.454 e. The van der Waals surface area contributed by atoms with Crippen molar-refractivity contribution in [3.63, 3.8) is 0 Å². The van der Waals surface area contributed by atoms with Crippen LogP contribution in [0.3, 0.4) is 0 Å². The predicted molar refractivity (Wildman–Crippen MR) is 133 cm³/mol. The quantitative estimate of drug-likeness (QED) is 0.251. The highest BCUT2D eigenvalue weighted by atomic mass is 35.5. The van der Waals surface area contributed by atoms with Crippen molar-refractivity contribution in [2.24, 2.45) is 0 Å². The number of halogens is 1. The van der Waals surface area contributed by atoms with Crippen LogP contribution in [0.25, 0.3) is 11.3 Å². The Bertz CT molecular complexity index is 1370. The highest BCUT2D eigenvalue weighted by Gasteiger charge is 2.20. The van der Waals surface area contributed by atoms with Crippen LogP contribution in [0.5, 0.6) is 0 Å². The summed E-state index contributed by atoms with van der Waals surface area (Å²) >= 11 is 7.31. The second kappa shape index (κ2) is 10.4. The van der Waals surface area contributed by atoms with Crippen LogP contribution in [-0.2, 0) is 4.74 Å². The van der Waals surface area contributed by atoms with Crippen molar-refractivity contribution >= 4 is 45.7 Å². The number of hydrogen-bond acceptors (Lipinski definition) is 6. The van der Waals surface area contributed by atoms with Crippen molar-refractivity contribution in [1.29, 1.82) is 0 Å². The monoisotopic (exact) mass is 490 g/mol. The Balaban J connectivity index is 1.45. The van der Waals surface area contributed by atoms with Crippen LogP contribution in [0, 0.1) is 6.92 Å². The molecule has 6 nitrogen and oxygen atoms in total. The molecule has 3 aromatic carbocycles. The first kappa shape index (κ1) is 23.4. The number of carbonyl (C=O) groups excluding carboxylic acids is 3. The minimum atomic E-state index is -0.786. The number of rotatable bonds is 7. The number of nitrogens with zero attached hydrogens (tertiary/aromatic N) is 1. The molecule has 1 amide bonds. The van der Waals surface area contributed by atoms with Gasteiger partial charge >= 0.3 is 5.97 Å². The van der Waals surface area contributed by atoms with Gasteiger partial charge in [-0.25, -0.2) is 9.78 Å². The highest BCUT2D eigenvalue weighted by molar-refractivity contribution is 7.14. The number of benzene rings is 3. The summed E-state index contributed by atoms with van der Waals surface area (Å²) in [6, 6.07) is 20.6. The Kier molecular flexibility index (Phi) is 7.15. The van der Waals surface area contributed by atoms with E-state index >= 15 is 0 Å². The van der Waals surface area contributed by atoms with Crippen molar-refractivity contribution in [2.45, 2.75) is 6.92 Å². The van der Waals surface area contributed by atoms with E-state index in [0.29, 0.717) is 5.13 Å². The van der Waals surface area contributed by atoms with E-state index < -0.39 is 24.3 Å². The summed E-state index contributed by atoms with van der Waals surface area (Å²) in [6.45, 7) is 1.51. The third-order valence-corrected chi connectivity index (χ3v) is 6.06. The van der Waals surface area contributed by atoms with Gasteiger partial charge in [-0.2, -0.15) is 0 Å². The lowest BCUT2D eigenvalue weighted by Gasteiger charge is -2.09. The van der Waals surface area contributed by atoms with Crippen LogP contribution in [0.2, 0.25) is 5.02 Å². The first-order valence-electron chi connectivity index (χ1n) is 10.3. The molecule has 34 heavy (non-hydrogen) atoms. The fraction of sp³-hybridized carbons (Fsp3) is 0.0769. The summed E-state index contributed by atoms with van der Waals surface area (Å²) in [6.07, 6.45) is 0. The van der Waals surface area contributed by atoms with Crippen molar-refractivity contribution in [2.75, 3.05) is 11.9 Å². The lowest BCUT2D eigenvalue weighted by Crippen LogP contribution is -2.20. The number of Topliss-reactive ketones (excluding diaryl/α,β-unsaturated/α-hetero) is 1. The van der Waals surface area contributed by atoms with Crippen molar-refractivity contribution in [3.8, 4) is 11.3 Å². The van der Waals surface area contributed by atoms with Gasteiger partial charge in [0.1, 0.15) is 0 Å². The molecule has 0 saturated carbocycles. The van der Waals surface area contributed by atoms with Gasteiger partial charge in [0.05, 0.1) is 21.8 Å². The van der Waals surface area contributed by atoms with E-state index in [1.165, 1.54) is 23.5 Å². The summed E-state index contributed by atoms with van der Waals surface area (Å²) in [5, 5.41) is 5.25. The molecule has 0 fully saturated rings. The Morgan fingerprint density at radius 1 is 0.912 bits per heavy atom. The molecule has 4 aromatic rings. The summed E-state index contributed by atoms with van der Waals surface area (Å²) in [5.74, 6) is -1.73. The van der Waals surface area contributed by atoms with Gasteiger partial charge in [-0.05, 0) is 31.2 Å². The maximum Gasteiger partial charge on any atom is 0.339 e. The molecule has 4 rings (SSSR count). The molecule has 0 bridgehead atoms.